The van der Waals surface area contributed by atoms with Gasteiger partial charge in [0, 0.05) is 17.8 Å². The molecule has 26 heavy (non-hydrogen) atoms. The van der Waals surface area contributed by atoms with Gasteiger partial charge in [-0.2, -0.15) is 0 Å². The number of hydrogen-bond acceptors (Lipinski definition) is 2. The number of nitrogens with zero attached hydrogens (tertiary/aromatic N) is 1. The van der Waals surface area contributed by atoms with Crippen LogP contribution >= 0.6 is 0 Å². The van der Waals surface area contributed by atoms with Gasteiger partial charge in [-0.3, -0.25) is 4.79 Å². The first-order valence-electron chi connectivity index (χ1n) is 9.04. The first-order chi connectivity index (χ1) is 12.5. The van der Waals surface area contributed by atoms with E-state index < -0.39 is 0 Å². The number of para-hydroxylation sites is 1. The number of carbonyl (C=O) groups is 1. The van der Waals surface area contributed by atoms with E-state index in [-0.39, 0.29) is 12.0 Å². The third-order valence-corrected chi connectivity index (χ3v) is 4.49. The number of amides is 1. The molecule has 0 saturated carbocycles. The number of aromatic nitrogens is 1. The molecule has 3 aromatic rings. The zero-order valence-corrected chi connectivity index (χ0v) is 15.7. The average Bonchev–Trinajstić information content (AvgIpc) is 2.94. The molecule has 0 aliphatic heterocycles. The molecule has 1 aromatic heterocycles. The highest BCUT2D eigenvalue weighted by atomic mass is 16.5. The molecule has 0 bridgehead atoms. The molecule has 136 valence electrons. The molecule has 4 heteroatoms. The van der Waals surface area contributed by atoms with Gasteiger partial charge in [0.1, 0.15) is 6.54 Å². The van der Waals surface area contributed by atoms with E-state index in [0.29, 0.717) is 19.7 Å². The van der Waals surface area contributed by atoms with Crippen molar-refractivity contribution in [1.82, 2.24) is 9.88 Å². The smallest absolute Gasteiger partial charge is 0.240 e. The summed E-state index contributed by atoms with van der Waals surface area (Å²) >= 11 is 0. The molecule has 0 unspecified atom stereocenters. The van der Waals surface area contributed by atoms with Crippen molar-refractivity contribution in [3.63, 3.8) is 0 Å². The Morgan fingerprint density at radius 2 is 1.77 bits per heavy atom. The number of hydrogen-bond donors (Lipinski definition) is 1. The summed E-state index contributed by atoms with van der Waals surface area (Å²) < 4.78 is 7.76. The highest BCUT2D eigenvalue weighted by Crippen LogP contribution is 2.19. The van der Waals surface area contributed by atoms with Crippen molar-refractivity contribution in [3.05, 3.63) is 71.4 Å². The Morgan fingerprint density at radius 1 is 1.08 bits per heavy atom. The number of aryl methyl sites for hydroxylation is 1. The lowest BCUT2D eigenvalue weighted by molar-refractivity contribution is -0.121. The molecular formula is C22H26N2O2. The van der Waals surface area contributed by atoms with Gasteiger partial charge >= 0.3 is 0 Å². The van der Waals surface area contributed by atoms with Crippen molar-refractivity contribution in [3.8, 4) is 0 Å². The van der Waals surface area contributed by atoms with Crippen LogP contribution in [-0.2, 0) is 29.2 Å². The zero-order valence-electron chi connectivity index (χ0n) is 15.7. The monoisotopic (exact) mass is 350 g/mol. The molecule has 4 nitrogen and oxygen atoms in total. The maximum absolute atomic E-state index is 12.5. The Kier molecular flexibility index (Phi) is 5.74. The van der Waals surface area contributed by atoms with Crippen molar-refractivity contribution >= 4 is 16.8 Å². The number of carbonyl (C=O) groups excluding carboxylic acids is 1. The van der Waals surface area contributed by atoms with E-state index in [1.807, 2.05) is 63.2 Å². The summed E-state index contributed by atoms with van der Waals surface area (Å²) in [5.41, 5.74) is 4.39. The largest absolute Gasteiger partial charge is 0.374 e. The summed E-state index contributed by atoms with van der Waals surface area (Å²) in [6.07, 6.45) is 0.183. The van der Waals surface area contributed by atoms with Crippen molar-refractivity contribution < 1.29 is 9.53 Å². The average molecular weight is 350 g/mol. The minimum absolute atomic E-state index is 0.00836. The number of benzene rings is 2. The highest BCUT2D eigenvalue weighted by molar-refractivity contribution is 5.84. The molecule has 1 heterocycles. The third-order valence-electron chi connectivity index (χ3n) is 4.49. The molecule has 2 aromatic carbocycles. The normalized spacial score (nSPS) is 11.2. The van der Waals surface area contributed by atoms with Crippen LogP contribution in [0.3, 0.4) is 0 Å². The molecule has 0 atom stereocenters. The summed E-state index contributed by atoms with van der Waals surface area (Å²) in [6, 6.07) is 18.3. The SMILES string of the molecule is Cc1cc2ccccc2n1CC(=O)NCc1ccccc1COC(C)C. The maximum atomic E-state index is 12.5. The van der Waals surface area contributed by atoms with E-state index in [2.05, 4.69) is 22.0 Å². The number of nitrogens with one attached hydrogen (secondary N) is 1. The summed E-state index contributed by atoms with van der Waals surface area (Å²) in [4.78, 5) is 12.5. The van der Waals surface area contributed by atoms with Gasteiger partial charge in [0.05, 0.1) is 12.7 Å². The van der Waals surface area contributed by atoms with Gasteiger partial charge in [0.2, 0.25) is 5.91 Å². The van der Waals surface area contributed by atoms with Crippen LogP contribution in [0.1, 0.15) is 30.7 Å². The molecule has 1 amide bonds. The lowest BCUT2D eigenvalue weighted by Gasteiger charge is -2.13. The first-order valence-corrected chi connectivity index (χ1v) is 9.04. The second-order valence-corrected chi connectivity index (χ2v) is 6.84. The minimum Gasteiger partial charge on any atom is -0.374 e. The standard InChI is InChI=1S/C22H26N2O2/c1-16(2)26-15-20-10-5-4-9-19(20)13-23-22(25)14-24-17(3)12-18-8-6-7-11-21(18)24/h4-12,16H,13-15H2,1-3H3,(H,23,25). The fraction of sp³-hybridized carbons (Fsp3) is 0.318. The van der Waals surface area contributed by atoms with Gasteiger partial charge in [0.15, 0.2) is 0 Å². The Labute approximate surface area is 154 Å². The van der Waals surface area contributed by atoms with Gasteiger partial charge in [-0.25, -0.2) is 0 Å². The quantitative estimate of drug-likeness (QED) is 0.694. The van der Waals surface area contributed by atoms with Gasteiger partial charge in [-0.05, 0) is 49.4 Å². The van der Waals surface area contributed by atoms with Crippen LogP contribution in [0.15, 0.2) is 54.6 Å². The lowest BCUT2D eigenvalue weighted by Crippen LogP contribution is -2.27. The minimum atomic E-state index is 0.00836. The Hall–Kier alpha value is -2.59. The predicted molar refractivity (Wildman–Crippen MR) is 105 cm³/mol. The Morgan fingerprint density at radius 3 is 2.54 bits per heavy atom. The van der Waals surface area contributed by atoms with Crippen LogP contribution in [0.25, 0.3) is 10.9 Å². The summed E-state index contributed by atoms with van der Waals surface area (Å²) in [6.45, 7) is 7.47. The van der Waals surface area contributed by atoms with Crippen molar-refractivity contribution in [1.29, 1.82) is 0 Å². The summed E-state index contributed by atoms with van der Waals surface area (Å²) in [5.74, 6) is 0.00836. The molecule has 0 saturated heterocycles. The Bertz CT molecular complexity index is 896. The number of rotatable bonds is 7. The second-order valence-electron chi connectivity index (χ2n) is 6.84. The topological polar surface area (TPSA) is 43.3 Å². The van der Waals surface area contributed by atoms with E-state index in [4.69, 9.17) is 4.74 Å². The van der Waals surface area contributed by atoms with E-state index in [1.54, 1.807) is 0 Å². The second kappa shape index (κ2) is 8.19. The van der Waals surface area contributed by atoms with Gasteiger partial charge in [-0.1, -0.05) is 42.5 Å². The summed E-state index contributed by atoms with van der Waals surface area (Å²) in [7, 11) is 0. The highest BCUT2D eigenvalue weighted by Gasteiger charge is 2.10. The molecule has 0 aliphatic carbocycles. The zero-order chi connectivity index (χ0) is 18.5. The lowest BCUT2D eigenvalue weighted by atomic mass is 10.1. The fourth-order valence-electron chi connectivity index (χ4n) is 3.08. The molecule has 0 aliphatic rings. The summed E-state index contributed by atoms with van der Waals surface area (Å²) in [5, 5.41) is 4.20. The van der Waals surface area contributed by atoms with Crippen LogP contribution in [0.5, 0.6) is 0 Å². The van der Waals surface area contributed by atoms with Crippen molar-refractivity contribution in [2.24, 2.45) is 0 Å². The van der Waals surface area contributed by atoms with Crippen LogP contribution in [0.4, 0.5) is 0 Å². The van der Waals surface area contributed by atoms with E-state index in [1.165, 1.54) is 0 Å². The number of ether oxygens (including phenoxy) is 1. The molecular weight excluding hydrogens is 324 g/mol. The van der Waals surface area contributed by atoms with E-state index in [0.717, 1.165) is 27.7 Å². The van der Waals surface area contributed by atoms with Crippen LogP contribution in [0.2, 0.25) is 0 Å². The predicted octanol–water partition coefficient (Wildman–Crippen LogP) is 4.19. The molecule has 0 spiro atoms. The van der Waals surface area contributed by atoms with E-state index >= 15 is 0 Å². The molecule has 1 N–H and O–H groups in total. The van der Waals surface area contributed by atoms with Gasteiger partial charge in [-0.15, -0.1) is 0 Å². The van der Waals surface area contributed by atoms with Gasteiger partial charge in [0.25, 0.3) is 0 Å². The van der Waals surface area contributed by atoms with Crippen molar-refractivity contribution in [2.45, 2.75) is 46.6 Å². The van der Waals surface area contributed by atoms with Gasteiger partial charge < -0.3 is 14.6 Å². The van der Waals surface area contributed by atoms with Crippen LogP contribution in [0, 0.1) is 6.92 Å². The maximum Gasteiger partial charge on any atom is 0.240 e. The molecule has 0 fully saturated rings. The van der Waals surface area contributed by atoms with Crippen molar-refractivity contribution in [2.75, 3.05) is 0 Å². The number of fused-ring (bicyclic) bond motifs is 1. The first kappa shape index (κ1) is 18.2. The van der Waals surface area contributed by atoms with E-state index in [9.17, 15) is 4.79 Å². The van der Waals surface area contributed by atoms with Crippen LogP contribution in [-0.4, -0.2) is 16.6 Å². The molecule has 3 rings (SSSR count). The Balaban J connectivity index is 1.65. The molecule has 0 radical (unpaired) electrons. The van der Waals surface area contributed by atoms with Crippen LogP contribution < -0.4 is 5.32 Å². The third kappa shape index (κ3) is 4.33. The fourth-order valence-corrected chi connectivity index (χ4v) is 3.08.